The van der Waals surface area contributed by atoms with Gasteiger partial charge in [0.2, 0.25) is 5.88 Å². The molecule has 3 nitrogen and oxygen atoms in total. The smallest absolute Gasteiger partial charge is 0.481 e. The zero-order valence-corrected chi connectivity index (χ0v) is 10.1. The Labute approximate surface area is 105 Å². The van der Waals surface area contributed by atoms with Crippen molar-refractivity contribution in [1.29, 1.82) is 0 Å². The molecule has 1 heterocycles. The van der Waals surface area contributed by atoms with Gasteiger partial charge in [-0.15, -0.1) is 13.2 Å². The Morgan fingerprint density at radius 2 is 1.72 bits per heavy atom. The predicted molar refractivity (Wildman–Crippen MR) is 50.2 cm³/mol. The third-order valence-electron chi connectivity index (χ3n) is 1.65. The fourth-order valence-corrected chi connectivity index (χ4v) is 1.63. The van der Waals surface area contributed by atoms with Crippen molar-refractivity contribution < 1.29 is 35.8 Å². The number of aromatic nitrogens is 1. The molecule has 0 aliphatic heterocycles. The number of alkyl halides is 6. The summed E-state index contributed by atoms with van der Waals surface area (Å²) in [5.74, 6) is -1.96. The molecule has 0 aliphatic rings. The lowest BCUT2D eigenvalue weighted by atomic mass is 10.2. The maximum Gasteiger partial charge on any atom is 0.573 e. The first-order valence-corrected chi connectivity index (χ1v) is 4.91. The largest absolute Gasteiger partial charge is 0.573 e. The lowest BCUT2D eigenvalue weighted by Crippen LogP contribution is -2.19. The summed E-state index contributed by atoms with van der Waals surface area (Å²) in [6, 6.07) is 0. The van der Waals surface area contributed by atoms with Crippen molar-refractivity contribution in [3.8, 4) is 11.6 Å². The molecule has 0 saturated carbocycles. The second-order valence-corrected chi connectivity index (χ2v) is 3.66. The summed E-state index contributed by atoms with van der Waals surface area (Å²) >= 11 is 2.40. The summed E-state index contributed by atoms with van der Waals surface area (Å²) in [5.41, 5.74) is -1.48. The van der Waals surface area contributed by atoms with E-state index in [1.165, 1.54) is 0 Å². The summed E-state index contributed by atoms with van der Waals surface area (Å²) in [7, 11) is 0.911. The molecule has 102 valence electrons. The van der Waals surface area contributed by atoms with Crippen molar-refractivity contribution in [2.75, 3.05) is 7.11 Å². The van der Waals surface area contributed by atoms with Gasteiger partial charge in [-0.3, -0.25) is 0 Å². The van der Waals surface area contributed by atoms with Crippen LogP contribution in [-0.4, -0.2) is 18.5 Å². The van der Waals surface area contributed by atoms with Gasteiger partial charge < -0.3 is 9.47 Å². The second-order valence-electron chi connectivity index (χ2n) is 2.87. The topological polar surface area (TPSA) is 31.4 Å². The van der Waals surface area contributed by atoms with Crippen LogP contribution in [0.15, 0.2) is 10.7 Å². The molecule has 0 aliphatic carbocycles. The Kier molecular flexibility index (Phi) is 3.99. The van der Waals surface area contributed by atoms with Crippen LogP contribution in [0.2, 0.25) is 0 Å². The Morgan fingerprint density at radius 1 is 1.17 bits per heavy atom. The van der Waals surface area contributed by atoms with Crippen molar-refractivity contribution >= 4 is 15.9 Å². The van der Waals surface area contributed by atoms with Gasteiger partial charge in [0.1, 0.15) is 5.56 Å². The second kappa shape index (κ2) is 4.82. The molecule has 1 rings (SSSR count). The van der Waals surface area contributed by atoms with E-state index in [-0.39, 0.29) is 0 Å². The van der Waals surface area contributed by atoms with Crippen LogP contribution in [0.3, 0.4) is 0 Å². The quantitative estimate of drug-likeness (QED) is 0.768. The normalized spacial score (nSPS) is 12.4. The zero-order chi connectivity index (χ0) is 14.1. The number of ether oxygens (including phenoxy) is 2. The minimum atomic E-state index is -5.12. The molecule has 18 heavy (non-hydrogen) atoms. The third kappa shape index (κ3) is 3.40. The van der Waals surface area contributed by atoms with Crippen molar-refractivity contribution in [2.45, 2.75) is 12.5 Å². The SMILES string of the molecule is COc1ncc(OC(F)(F)F)c(Br)c1C(F)(F)F. The highest BCUT2D eigenvalue weighted by atomic mass is 79.9. The van der Waals surface area contributed by atoms with Gasteiger partial charge in [-0.25, -0.2) is 4.98 Å². The van der Waals surface area contributed by atoms with Gasteiger partial charge in [-0.05, 0) is 15.9 Å². The van der Waals surface area contributed by atoms with Gasteiger partial charge >= 0.3 is 12.5 Å². The Bertz CT molecular complexity index is 444. The van der Waals surface area contributed by atoms with Crippen LogP contribution in [0.1, 0.15) is 5.56 Å². The van der Waals surface area contributed by atoms with E-state index < -0.39 is 34.2 Å². The first-order chi connectivity index (χ1) is 8.06. The molecule has 0 saturated heterocycles. The first-order valence-electron chi connectivity index (χ1n) is 4.11. The fraction of sp³-hybridized carbons (Fsp3) is 0.375. The van der Waals surface area contributed by atoms with Gasteiger partial charge in [-0.1, -0.05) is 0 Å². The van der Waals surface area contributed by atoms with Crippen molar-refractivity contribution in [3.63, 3.8) is 0 Å². The summed E-state index contributed by atoms with van der Waals surface area (Å²) in [4.78, 5) is 3.11. The van der Waals surface area contributed by atoms with E-state index in [4.69, 9.17) is 0 Å². The van der Waals surface area contributed by atoms with Crippen LogP contribution in [0.5, 0.6) is 11.6 Å². The van der Waals surface area contributed by atoms with Gasteiger partial charge in [0, 0.05) is 0 Å². The summed E-state index contributed by atoms with van der Waals surface area (Å²) in [6.07, 6.45) is -9.59. The molecule has 0 unspecified atom stereocenters. The third-order valence-corrected chi connectivity index (χ3v) is 2.44. The molecule has 0 spiro atoms. The van der Waals surface area contributed by atoms with Crippen LogP contribution < -0.4 is 9.47 Å². The van der Waals surface area contributed by atoms with E-state index in [1.54, 1.807) is 0 Å². The van der Waals surface area contributed by atoms with Crippen LogP contribution in [0.4, 0.5) is 26.3 Å². The Hall–Kier alpha value is -1.19. The number of hydrogen-bond donors (Lipinski definition) is 0. The number of pyridine rings is 1. The number of hydrogen-bond acceptors (Lipinski definition) is 3. The number of nitrogens with zero attached hydrogens (tertiary/aromatic N) is 1. The van der Waals surface area contributed by atoms with Gasteiger partial charge in [0.25, 0.3) is 0 Å². The van der Waals surface area contributed by atoms with Crippen LogP contribution >= 0.6 is 15.9 Å². The zero-order valence-electron chi connectivity index (χ0n) is 8.49. The highest BCUT2D eigenvalue weighted by molar-refractivity contribution is 9.10. The Balaban J connectivity index is 3.35. The van der Waals surface area contributed by atoms with E-state index in [1.807, 2.05) is 0 Å². The molecule has 10 heteroatoms. The van der Waals surface area contributed by atoms with Crippen molar-refractivity contribution in [2.24, 2.45) is 0 Å². The molecule has 0 radical (unpaired) electrons. The van der Waals surface area contributed by atoms with E-state index >= 15 is 0 Å². The van der Waals surface area contributed by atoms with Gasteiger partial charge in [-0.2, -0.15) is 13.2 Å². The first kappa shape index (κ1) is 14.9. The minimum absolute atomic E-state index is 0.478. The highest BCUT2D eigenvalue weighted by Crippen LogP contribution is 2.44. The average molecular weight is 340 g/mol. The molecule has 0 amide bonds. The number of methoxy groups -OCH3 is 1. The fourth-order valence-electron chi connectivity index (χ4n) is 1.05. The van der Waals surface area contributed by atoms with Gasteiger partial charge in [0.15, 0.2) is 5.75 Å². The lowest BCUT2D eigenvalue weighted by Gasteiger charge is -2.16. The molecule has 0 aromatic carbocycles. The highest BCUT2D eigenvalue weighted by Gasteiger charge is 2.41. The monoisotopic (exact) mass is 339 g/mol. The van der Waals surface area contributed by atoms with Crippen LogP contribution in [0.25, 0.3) is 0 Å². The molecular formula is C8H4BrF6NO2. The van der Waals surface area contributed by atoms with E-state index in [0.29, 0.717) is 6.20 Å². The molecule has 0 N–H and O–H groups in total. The summed E-state index contributed by atoms with van der Waals surface area (Å²) in [5, 5.41) is 0. The maximum atomic E-state index is 12.6. The summed E-state index contributed by atoms with van der Waals surface area (Å²) in [6.45, 7) is 0. The Morgan fingerprint density at radius 3 is 2.11 bits per heavy atom. The number of rotatable bonds is 2. The van der Waals surface area contributed by atoms with Crippen molar-refractivity contribution in [3.05, 3.63) is 16.2 Å². The maximum absolute atomic E-state index is 12.6. The molecule has 1 aromatic heterocycles. The predicted octanol–water partition coefficient (Wildman–Crippen LogP) is 3.77. The van der Waals surface area contributed by atoms with E-state index in [0.717, 1.165) is 7.11 Å². The molecule has 0 fully saturated rings. The lowest BCUT2D eigenvalue weighted by molar-refractivity contribution is -0.275. The average Bonchev–Trinajstić information content (AvgIpc) is 2.16. The minimum Gasteiger partial charge on any atom is -0.481 e. The van der Waals surface area contributed by atoms with Crippen molar-refractivity contribution in [1.82, 2.24) is 4.98 Å². The molecule has 0 atom stereocenters. The molecular weight excluding hydrogens is 336 g/mol. The van der Waals surface area contributed by atoms with Gasteiger partial charge in [0.05, 0.1) is 17.8 Å². The van der Waals surface area contributed by atoms with E-state index in [9.17, 15) is 26.3 Å². The standard InChI is InChI=1S/C8H4BrF6NO2/c1-17-6-4(7(10,11)12)5(9)3(2-16-6)18-8(13,14)15/h2H,1H3. The number of halogens is 7. The molecule has 1 aromatic rings. The van der Waals surface area contributed by atoms with E-state index in [2.05, 4.69) is 30.4 Å². The van der Waals surface area contributed by atoms with Crippen LogP contribution in [0, 0.1) is 0 Å². The summed E-state index contributed by atoms with van der Waals surface area (Å²) < 4.78 is 80.5. The molecule has 0 bridgehead atoms. The van der Waals surface area contributed by atoms with Crippen LogP contribution in [-0.2, 0) is 6.18 Å².